The molecule has 7 heteroatoms. The molecule has 0 spiro atoms. The number of aromatic nitrogens is 2. The molecule has 2 rings (SSSR count). The van der Waals surface area contributed by atoms with Gasteiger partial charge in [0.05, 0.1) is 12.4 Å². The first-order valence-electron chi connectivity index (χ1n) is 5.66. The average molecular weight is 272 g/mol. The van der Waals surface area contributed by atoms with Crippen molar-refractivity contribution in [3.63, 3.8) is 0 Å². The number of ether oxygens (including phenoxy) is 1. The minimum Gasteiger partial charge on any atom is -0.480 e. The van der Waals surface area contributed by atoms with Crippen LogP contribution in [-0.2, 0) is 15.4 Å². The van der Waals surface area contributed by atoms with Gasteiger partial charge in [-0.3, -0.25) is 4.98 Å². The Balaban J connectivity index is 2.53. The van der Waals surface area contributed by atoms with Gasteiger partial charge in [-0.05, 0) is 19.3 Å². The van der Waals surface area contributed by atoms with E-state index in [0.717, 1.165) is 6.26 Å². The van der Waals surface area contributed by atoms with Crippen molar-refractivity contribution in [2.45, 2.75) is 30.1 Å². The fourth-order valence-electron chi connectivity index (χ4n) is 2.57. The van der Waals surface area contributed by atoms with Crippen molar-refractivity contribution in [2.75, 3.05) is 13.4 Å². The number of hydrogen-bond acceptors (Lipinski definition) is 6. The molecule has 1 N–H and O–H groups in total. The van der Waals surface area contributed by atoms with E-state index in [9.17, 15) is 13.5 Å². The number of aliphatic hydroxyl groups is 1. The van der Waals surface area contributed by atoms with Gasteiger partial charge in [0.2, 0.25) is 5.88 Å². The van der Waals surface area contributed by atoms with Crippen LogP contribution in [0.1, 0.15) is 25.0 Å². The molecule has 1 heterocycles. The fraction of sp³-hybridized carbons (Fsp3) is 0.636. The quantitative estimate of drug-likeness (QED) is 0.849. The van der Waals surface area contributed by atoms with Crippen molar-refractivity contribution in [2.24, 2.45) is 0 Å². The Bertz CT molecular complexity index is 546. The third kappa shape index (κ3) is 2.08. The number of rotatable bonds is 3. The molecule has 6 nitrogen and oxygen atoms in total. The molecule has 1 aliphatic carbocycles. The molecule has 0 amide bonds. The summed E-state index contributed by atoms with van der Waals surface area (Å²) in [6.07, 6.45) is 5.41. The second-order valence-electron chi connectivity index (χ2n) is 4.55. The van der Waals surface area contributed by atoms with Crippen LogP contribution in [0, 0.1) is 0 Å². The molecule has 0 radical (unpaired) electrons. The molecule has 1 aliphatic rings. The van der Waals surface area contributed by atoms with Gasteiger partial charge in [0.1, 0.15) is 11.3 Å². The van der Waals surface area contributed by atoms with E-state index >= 15 is 0 Å². The summed E-state index contributed by atoms with van der Waals surface area (Å²) >= 11 is 0. The van der Waals surface area contributed by atoms with Crippen molar-refractivity contribution in [1.82, 2.24) is 9.97 Å². The van der Waals surface area contributed by atoms with E-state index in [4.69, 9.17) is 4.74 Å². The second-order valence-corrected chi connectivity index (χ2v) is 6.78. The highest BCUT2D eigenvalue weighted by Crippen LogP contribution is 2.43. The lowest BCUT2D eigenvalue weighted by Crippen LogP contribution is -2.40. The minimum atomic E-state index is -3.36. The Kier molecular flexibility index (Phi) is 3.29. The molecule has 0 aromatic carbocycles. The topological polar surface area (TPSA) is 89.4 Å². The highest BCUT2D eigenvalue weighted by Gasteiger charge is 2.50. The van der Waals surface area contributed by atoms with E-state index in [1.54, 1.807) is 0 Å². The molecule has 1 fully saturated rings. The molecule has 1 aromatic heterocycles. The largest absolute Gasteiger partial charge is 0.480 e. The molecule has 2 atom stereocenters. The molecule has 0 saturated heterocycles. The highest BCUT2D eigenvalue weighted by atomic mass is 32.2. The van der Waals surface area contributed by atoms with E-state index in [2.05, 4.69) is 9.97 Å². The molecule has 18 heavy (non-hydrogen) atoms. The number of methoxy groups -OCH3 is 1. The van der Waals surface area contributed by atoms with Crippen molar-refractivity contribution in [1.29, 1.82) is 0 Å². The Morgan fingerprint density at radius 1 is 1.44 bits per heavy atom. The molecular formula is C11H16N2O4S. The molecule has 1 saturated carbocycles. The SMILES string of the molecule is COc1nccnc1C1(O)CCCC1S(C)(=O)=O. The number of sulfone groups is 1. The fourth-order valence-corrected chi connectivity index (χ4v) is 4.10. The summed E-state index contributed by atoms with van der Waals surface area (Å²) in [4.78, 5) is 8.03. The van der Waals surface area contributed by atoms with Crippen LogP contribution in [0.15, 0.2) is 12.4 Å². The van der Waals surface area contributed by atoms with E-state index in [1.165, 1.54) is 19.5 Å². The summed E-state index contributed by atoms with van der Waals surface area (Å²) in [6.45, 7) is 0. The zero-order valence-corrected chi connectivity index (χ0v) is 11.1. The Morgan fingerprint density at radius 2 is 2.11 bits per heavy atom. The van der Waals surface area contributed by atoms with E-state index in [1.807, 2.05) is 0 Å². The maximum absolute atomic E-state index is 11.8. The summed E-state index contributed by atoms with van der Waals surface area (Å²) < 4.78 is 28.6. The lowest BCUT2D eigenvalue weighted by atomic mass is 9.97. The normalized spacial score (nSPS) is 28.3. The first kappa shape index (κ1) is 13.2. The summed E-state index contributed by atoms with van der Waals surface area (Å²) in [5, 5.41) is 9.86. The monoisotopic (exact) mass is 272 g/mol. The van der Waals surface area contributed by atoms with Gasteiger partial charge >= 0.3 is 0 Å². The van der Waals surface area contributed by atoms with Crippen LogP contribution >= 0.6 is 0 Å². The Labute approximate surface area is 106 Å². The van der Waals surface area contributed by atoms with Crippen LogP contribution in [0.25, 0.3) is 0 Å². The van der Waals surface area contributed by atoms with Crippen LogP contribution in [0.4, 0.5) is 0 Å². The molecule has 1 aromatic rings. The summed E-state index contributed by atoms with van der Waals surface area (Å²) in [5.74, 6) is 0.176. The summed E-state index contributed by atoms with van der Waals surface area (Å²) in [7, 11) is -1.94. The van der Waals surface area contributed by atoms with Crippen LogP contribution in [0.3, 0.4) is 0 Å². The van der Waals surface area contributed by atoms with Gasteiger partial charge in [-0.1, -0.05) is 0 Å². The summed E-state index contributed by atoms with van der Waals surface area (Å²) in [5.41, 5.74) is -1.30. The Morgan fingerprint density at radius 3 is 2.72 bits per heavy atom. The van der Waals surface area contributed by atoms with E-state index in [-0.39, 0.29) is 11.6 Å². The molecule has 0 bridgehead atoms. The van der Waals surface area contributed by atoms with Crippen molar-refractivity contribution in [3.8, 4) is 5.88 Å². The van der Waals surface area contributed by atoms with Crippen LogP contribution in [0.2, 0.25) is 0 Å². The molecule has 100 valence electrons. The number of nitrogens with zero attached hydrogens (tertiary/aromatic N) is 2. The zero-order chi connectivity index (χ0) is 13.4. The summed E-state index contributed by atoms with van der Waals surface area (Å²) in [6, 6.07) is 0. The maximum atomic E-state index is 11.8. The van der Waals surface area contributed by atoms with Gasteiger partial charge in [-0.2, -0.15) is 0 Å². The Hall–Kier alpha value is -1.21. The maximum Gasteiger partial charge on any atom is 0.238 e. The lowest BCUT2D eigenvalue weighted by molar-refractivity contribution is 0.0397. The van der Waals surface area contributed by atoms with Crippen molar-refractivity contribution >= 4 is 9.84 Å². The van der Waals surface area contributed by atoms with Gasteiger partial charge in [0.15, 0.2) is 9.84 Å². The molecular weight excluding hydrogens is 256 g/mol. The number of hydrogen-bond donors (Lipinski definition) is 1. The predicted molar refractivity (Wildman–Crippen MR) is 65.0 cm³/mol. The van der Waals surface area contributed by atoms with Crippen molar-refractivity contribution < 1.29 is 18.3 Å². The first-order chi connectivity index (χ1) is 8.39. The van der Waals surface area contributed by atoms with E-state index < -0.39 is 20.7 Å². The first-order valence-corrected chi connectivity index (χ1v) is 7.62. The zero-order valence-electron chi connectivity index (χ0n) is 10.3. The predicted octanol–water partition coefficient (Wildman–Crippen LogP) is 0.270. The van der Waals surface area contributed by atoms with Crippen LogP contribution in [0.5, 0.6) is 5.88 Å². The van der Waals surface area contributed by atoms with Gasteiger partial charge in [-0.15, -0.1) is 0 Å². The van der Waals surface area contributed by atoms with E-state index in [0.29, 0.717) is 19.3 Å². The van der Waals surface area contributed by atoms with Crippen LogP contribution < -0.4 is 4.74 Å². The molecule has 2 unspecified atom stereocenters. The van der Waals surface area contributed by atoms with Crippen LogP contribution in [-0.4, -0.2) is 42.1 Å². The second kappa shape index (κ2) is 4.47. The van der Waals surface area contributed by atoms with Crippen molar-refractivity contribution in [3.05, 3.63) is 18.1 Å². The highest BCUT2D eigenvalue weighted by molar-refractivity contribution is 7.91. The van der Waals surface area contributed by atoms with Gasteiger partial charge in [0.25, 0.3) is 0 Å². The average Bonchev–Trinajstić information content (AvgIpc) is 2.72. The standard InChI is InChI=1S/C11H16N2O4S/c1-17-10-9(12-6-7-13-10)11(14)5-3-4-8(11)18(2,15)16/h6-8,14H,3-5H2,1-2H3. The molecule has 0 aliphatic heterocycles. The third-order valence-electron chi connectivity index (χ3n) is 3.34. The smallest absolute Gasteiger partial charge is 0.238 e. The van der Waals surface area contributed by atoms with Gasteiger partial charge in [-0.25, -0.2) is 13.4 Å². The van der Waals surface area contributed by atoms with Gasteiger partial charge < -0.3 is 9.84 Å². The minimum absolute atomic E-state index is 0.176. The lowest BCUT2D eigenvalue weighted by Gasteiger charge is -2.28. The van der Waals surface area contributed by atoms with Gasteiger partial charge in [0, 0.05) is 18.6 Å². The third-order valence-corrected chi connectivity index (χ3v) is 5.00.